The first kappa shape index (κ1) is 13.0. The van der Waals surface area contributed by atoms with Gasteiger partial charge in [-0.25, -0.2) is 0 Å². The molecule has 1 aromatic heterocycles. The molecule has 5 nitrogen and oxygen atoms in total. The number of likely N-dealkylation sites (N-methyl/N-ethyl adjacent to an activating group) is 1. The molecule has 0 aliphatic carbocycles. The summed E-state index contributed by atoms with van der Waals surface area (Å²) in [6, 6.07) is 3.65. The predicted molar refractivity (Wildman–Crippen MR) is 70.8 cm³/mol. The lowest BCUT2D eigenvalue weighted by atomic mass is 10.1. The Morgan fingerprint density at radius 2 is 2.17 bits per heavy atom. The summed E-state index contributed by atoms with van der Waals surface area (Å²) in [6.45, 7) is 1.50. The Bertz CT molecular complexity index is 458. The van der Waals surface area contributed by atoms with Crippen LogP contribution in [-0.4, -0.2) is 42.9 Å². The van der Waals surface area contributed by atoms with Crippen molar-refractivity contribution in [2.75, 3.05) is 20.1 Å². The molecule has 2 rings (SSSR count). The van der Waals surface area contributed by atoms with Gasteiger partial charge in [-0.3, -0.25) is 9.59 Å². The minimum Gasteiger partial charge on any atom is -0.365 e. The lowest BCUT2D eigenvalue weighted by molar-refractivity contribution is 0.0703. The number of nitrogens with one attached hydrogen (secondary N) is 1. The quantitative estimate of drug-likeness (QED) is 0.845. The smallest absolute Gasteiger partial charge is 0.263 e. The van der Waals surface area contributed by atoms with Crippen molar-refractivity contribution >= 4 is 23.2 Å². The topological polar surface area (TPSA) is 75.4 Å². The summed E-state index contributed by atoms with van der Waals surface area (Å²) >= 11 is 1.17. The highest BCUT2D eigenvalue weighted by molar-refractivity contribution is 7.15. The minimum absolute atomic E-state index is 0.00699. The molecule has 1 aromatic rings. The normalized spacial score (nSPS) is 19.8. The summed E-state index contributed by atoms with van der Waals surface area (Å²) in [5, 5.41) is 3.20. The zero-order valence-corrected chi connectivity index (χ0v) is 11.1. The van der Waals surface area contributed by atoms with Crippen LogP contribution in [0.4, 0.5) is 0 Å². The van der Waals surface area contributed by atoms with Crippen molar-refractivity contribution in [3.8, 4) is 0 Å². The Kier molecular flexibility index (Phi) is 3.98. The molecule has 0 aromatic carbocycles. The molecule has 0 radical (unpaired) electrons. The van der Waals surface area contributed by atoms with E-state index in [4.69, 9.17) is 5.73 Å². The fourth-order valence-corrected chi connectivity index (χ4v) is 2.96. The fraction of sp³-hybridized carbons (Fsp3) is 0.500. The van der Waals surface area contributed by atoms with E-state index >= 15 is 0 Å². The first-order valence-corrected chi connectivity index (χ1v) is 6.79. The number of amides is 2. The molecule has 2 amide bonds. The zero-order valence-electron chi connectivity index (χ0n) is 10.3. The maximum Gasteiger partial charge on any atom is 0.263 e. The van der Waals surface area contributed by atoms with Crippen LogP contribution in [0, 0.1) is 0 Å². The molecule has 1 aliphatic heterocycles. The number of piperidine rings is 1. The maximum absolute atomic E-state index is 12.3. The van der Waals surface area contributed by atoms with E-state index in [1.807, 2.05) is 11.9 Å². The SMILES string of the molecule is CN[C@@H]1CCCN(C(=O)c2ccc(C(N)=O)s2)C1. The van der Waals surface area contributed by atoms with Crippen LogP contribution in [0.15, 0.2) is 12.1 Å². The third-order valence-corrected chi connectivity index (χ3v) is 4.26. The van der Waals surface area contributed by atoms with Gasteiger partial charge in [0.25, 0.3) is 11.8 Å². The standard InChI is InChI=1S/C12H17N3O2S/c1-14-8-3-2-6-15(7-8)12(17)10-5-4-9(18-10)11(13)16/h4-5,8,14H,2-3,6-7H2,1H3,(H2,13,16)/t8-/m1/s1. The molecule has 1 saturated heterocycles. The predicted octanol–water partition coefficient (Wildman–Crippen LogP) is 0.671. The molecule has 6 heteroatoms. The number of carbonyl (C=O) groups excluding carboxylic acids is 2. The fourth-order valence-electron chi connectivity index (χ4n) is 2.14. The minimum atomic E-state index is -0.481. The highest BCUT2D eigenvalue weighted by Gasteiger charge is 2.24. The lowest BCUT2D eigenvalue weighted by Crippen LogP contribution is -2.46. The second kappa shape index (κ2) is 5.49. The van der Waals surface area contributed by atoms with Crippen molar-refractivity contribution in [1.82, 2.24) is 10.2 Å². The molecule has 1 fully saturated rings. The number of nitrogens with zero attached hydrogens (tertiary/aromatic N) is 1. The molecular formula is C12H17N3O2S. The van der Waals surface area contributed by atoms with Crippen LogP contribution in [-0.2, 0) is 0 Å². The molecular weight excluding hydrogens is 250 g/mol. The summed E-state index contributed by atoms with van der Waals surface area (Å²) in [4.78, 5) is 26.1. The van der Waals surface area contributed by atoms with Gasteiger partial charge in [0.1, 0.15) is 0 Å². The van der Waals surface area contributed by atoms with E-state index in [1.54, 1.807) is 12.1 Å². The number of nitrogens with two attached hydrogens (primary N) is 1. The van der Waals surface area contributed by atoms with Crippen molar-refractivity contribution in [1.29, 1.82) is 0 Å². The molecule has 0 unspecified atom stereocenters. The van der Waals surface area contributed by atoms with Crippen LogP contribution < -0.4 is 11.1 Å². The van der Waals surface area contributed by atoms with Crippen LogP contribution in [0.25, 0.3) is 0 Å². The van der Waals surface area contributed by atoms with Gasteiger partial charge in [-0.1, -0.05) is 0 Å². The van der Waals surface area contributed by atoms with E-state index in [1.165, 1.54) is 11.3 Å². The van der Waals surface area contributed by atoms with Gasteiger partial charge in [0.2, 0.25) is 0 Å². The van der Waals surface area contributed by atoms with Gasteiger partial charge in [0.05, 0.1) is 9.75 Å². The number of likely N-dealkylation sites (tertiary alicyclic amines) is 1. The number of thiophene rings is 1. The highest BCUT2D eigenvalue weighted by Crippen LogP contribution is 2.20. The number of primary amides is 1. The van der Waals surface area contributed by atoms with E-state index in [2.05, 4.69) is 5.32 Å². The molecule has 1 aliphatic rings. The summed E-state index contributed by atoms with van der Waals surface area (Å²) in [5.74, 6) is -0.488. The first-order chi connectivity index (χ1) is 8.61. The molecule has 3 N–H and O–H groups in total. The Hall–Kier alpha value is -1.40. The van der Waals surface area contributed by atoms with Gasteiger partial charge in [0, 0.05) is 19.1 Å². The average Bonchev–Trinajstić information content (AvgIpc) is 2.87. The van der Waals surface area contributed by atoms with Crippen molar-refractivity contribution in [2.24, 2.45) is 5.73 Å². The van der Waals surface area contributed by atoms with Crippen LogP contribution in [0.1, 0.15) is 32.2 Å². The summed E-state index contributed by atoms with van der Waals surface area (Å²) in [7, 11) is 1.91. The van der Waals surface area contributed by atoms with Gasteiger partial charge in [-0.15, -0.1) is 11.3 Å². The highest BCUT2D eigenvalue weighted by atomic mass is 32.1. The monoisotopic (exact) mass is 267 g/mol. The zero-order chi connectivity index (χ0) is 13.1. The van der Waals surface area contributed by atoms with Gasteiger partial charge in [0.15, 0.2) is 0 Å². The molecule has 18 heavy (non-hydrogen) atoms. The third-order valence-electron chi connectivity index (χ3n) is 3.18. The molecule has 1 atom stereocenters. The summed E-state index contributed by atoms with van der Waals surface area (Å²) in [5.41, 5.74) is 5.19. The van der Waals surface area contributed by atoms with E-state index in [-0.39, 0.29) is 5.91 Å². The van der Waals surface area contributed by atoms with Crippen LogP contribution >= 0.6 is 11.3 Å². The van der Waals surface area contributed by atoms with Crippen molar-refractivity contribution in [2.45, 2.75) is 18.9 Å². The van der Waals surface area contributed by atoms with E-state index in [0.717, 1.165) is 25.9 Å². The second-order valence-corrected chi connectivity index (χ2v) is 5.49. The van der Waals surface area contributed by atoms with Crippen molar-refractivity contribution in [3.63, 3.8) is 0 Å². The largest absolute Gasteiger partial charge is 0.365 e. The third kappa shape index (κ3) is 2.70. The molecule has 0 bridgehead atoms. The van der Waals surface area contributed by atoms with E-state index < -0.39 is 5.91 Å². The Morgan fingerprint density at radius 3 is 2.78 bits per heavy atom. The summed E-state index contributed by atoms with van der Waals surface area (Å²) in [6.07, 6.45) is 2.10. The van der Waals surface area contributed by atoms with Crippen molar-refractivity contribution in [3.05, 3.63) is 21.9 Å². The average molecular weight is 267 g/mol. The molecule has 98 valence electrons. The molecule has 0 saturated carbocycles. The Labute approximate surface area is 110 Å². The van der Waals surface area contributed by atoms with E-state index in [0.29, 0.717) is 15.8 Å². The number of hydrogen-bond donors (Lipinski definition) is 2. The van der Waals surface area contributed by atoms with Gasteiger partial charge in [-0.05, 0) is 32.0 Å². The van der Waals surface area contributed by atoms with E-state index in [9.17, 15) is 9.59 Å². The Balaban J connectivity index is 2.07. The summed E-state index contributed by atoms with van der Waals surface area (Å²) < 4.78 is 0. The van der Waals surface area contributed by atoms with Crippen LogP contribution in [0.5, 0.6) is 0 Å². The maximum atomic E-state index is 12.3. The second-order valence-electron chi connectivity index (χ2n) is 4.41. The number of rotatable bonds is 3. The first-order valence-electron chi connectivity index (χ1n) is 5.98. The van der Waals surface area contributed by atoms with Crippen LogP contribution in [0.3, 0.4) is 0 Å². The number of hydrogen-bond acceptors (Lipinski definition) is 4. The van der Waals surface area contributed by atoms with Crippen molar-refractivity contribution < 1.29 is 9.59 Å². The Morgan fingerprint density at radius 1 is 1.44 bits per heavy atom. The van der Waals surface area contributed by atoms with Gasteiger partial charge in [-0.2, -0.15) is 0 Å². The number of carbonyl (C=O) groups is 2. The lowest BCUT2D eigenvalue weighted by Gasteiger charge is -2.32. The van der Waals surface area contributed by atoms with Crippen LogP contribution in [0.2, 0.25) is 0 Å². The van der Waals surface area contributed by atoms with Gasteiger partial charge >= 0.3 is 0 Å². The molecule has 2 heterocycles. The van der Waals surface area contributed by atoms with Gasteiger partial charge < -0.3 is 16.0 Å². The molecule has 0 spiro atoms.